The molecule has 1 aromatic heterocycles. The molecule has 3 aromatic rings. The van der Waals surface area contributed by atoms with E-state index in [1.165, 1.54) is 4.90 Å². The molecular formula is C47H59N5O7. The van der Waals surface area contributed by atoms with E-state index in [0.29, 0.717) is 47.9 Å². The fourth-order valence-electron chi connectivity index (χ4n) is 11.9. The maximum atomic E-state index is 13.4. The van der Waals surface area contributed by atoms with Crippen molar-refractivity contribution in [1.82, 2.24) is 20.0 Å². The van der Waals surface area contributed by atoms with Crippen molar-refractivity contribution in [2.45, 2.75) is 104 Å². The van der Waals surface area contributed by atoms with Crippen LogP contribution in [-0.2, 0) is 9.59 Å². The van der Waals surface area contributed by atoms with Gasteiger partial charge in [0.25, 0.3) is 11.8 Å². The molecule has 59 heavy (non-hydrogen) atoms. The molecule has 1 saturated heterocycles. The van der Waals surface area contributed by atoms with E-state index in [-0.39, 0.29) is 59.2 Å². The number of H-pyrrole nitrogens is 1. The van der Waals surface area contributed by atoms with E-state index in [1.807, 2.05) is 69.0 Å². The van der Waals surface area contributed by atoms with Crippen molar-refractivity contribution in [1.29, 1.82) is 5.26 Å². The van der Waals surface area contributed by atoms with E-state index < -0.39 is 23.4 Å². The van der Waals surface area contributed by atoms with Crippen LogP contribution in [0.5, 0.6) is 0 Å². The second-order valence-electron chi connectivity index (χ2n) is 18.9. The Bertz CT molecular complexity index is 2200. The average molecular weight is 806 g/mol. The Hall–Kier alpha value is -4.70. The number of aliphatic hydroxyl groups is 3. The molecule has 2 amide bonds. The number of aliphatic hydroxyl groups excluding tert-OH is 2. The maximum absolute atomic E-state index is 13.4. The average Bonchev–Trinajstić information content (AvgIpc) is 3.69. The lowest BCUT2D eigenvalue weighted by Crippen LogP contribution is -2.62. The summed E-state index contributed by atoms with van der Waals surface area (Å²) in [4.78, 5) is 54.8. The van der Waals surface area contributed by atoms with Gasteiger partial charge in [0.05, 0.1) is 23.4 Å². The number of nitrogens with one attached hydrogen (secondary N) is 1. The largest absolute Gasteiger partial charge is 0.393 e. The van der Waals surface area contributed by atoms with Gasteiger partial charge in [-0.15, -0.1) is 0 Å². The standard InChI is InChI=1S/C26H27N5O2.C21H32O5/c1-15-10-16(2)22(11-21(15)23-17(3)24(29-28-23)26(33)30(4)5)25(32)31-13-20(14-31)19-8-6-18(12-27)7-9-19;1-19-7-5-13(23)9-12(19)3-4-14-15-6-8-21(26,17(25)11-22)20(15,2)10-16(24)18(14)19/h6-11,20H,13-14H2,1-5H3,(H,28,29);12-15,18,22-23,26H,3-11H2,1-2H3/t;12-,13-,14+,15+,18-,19+,20+,21+/m.1/s1. The monoisotopic (exact) mass is 805 g/mol. The Labute approximate surface area is 347 Å². The molecular weight excluding hydrogens is 747 g/mol. The number of amides is 2. The molecule has 4 saturated carbocycles. The highest BCUT2D eigenvalue weighted by Gasteiger charge is 2.68. The molecule has 0 unspecified atom stereocenters. The fourth-order valence-corrected chi connectivity index (χ4v) is 11.9. The third kappa shape index (κ3) is 7.03. The molecule has 2 heterocycles. The molecule has 5 aliphatic rings. The van der Waals surface area contributed by atoms with Crippen molar-refractivity contribution < 1.29 is 34.5 Å². The van der Waals surface area contributed by atoms with Crippen LogP contribution in [0.25, 0.3) is 11.3 Å². The van der Waals surface area contributed by atoms with Gasteiger partial charge >= 0.3 is 0 Å². The molecule has 12 heteroatoms. The lowest BCUT2D eigenvalue weighted by Gasteiger charge is -2.60. The van der Waals surface area contributed by atoms with Crippen molar-refractivity contribution in [3.05, 3.63) is 75.5 Å². The van der Waals surface area contributed by atoms with Gasteiger partial charge in [-0.3, -0.25) is 24.3 Å². The van der Waals surface area contributed by atoms with E-state index in [2.05, 4.69) is 23.2 Å². The molecule has 1 aliphatic heterocycles. The summed E-state index contributed by atoms with van der Waals surface area (Å²) in [7, 11) is 3.41. The van der Waals surface area contributed by atoms with E-state index in [4.69, 9.17) is 5.26 Å². The number of rotatable bonds is 6. The van der Waals surface area contributed by atoms with E-state index in [1.54, 1.807) is 14.1 Å². The first-order valence-electron chi connectivity index (χ1n) is 21.1. The van der Waals surface area contributed by atoms with Crippen molar-refractivity contribution in [2.75, 3.05) is 33.8 Å². The number of likely N-dealkylation sites (tertiary alicyclic amines) is 1. The summed E-state index contributed by atoms with van der Waals surface area (Å²) in [5.41, 5.74) is 4.70. The zero-order valence-electron chi connectivity index (χ0n) is 35.5. The van der Waals surface area contributed by atoms with Gasteiger partial charge < -0.3 is 25.1 Å². The molecule has 12 nitrogen and oxygen atoms in total. The van der Waals surface area contributed by atoms with Gasteiger partial charge in [-0.1, -0.05) is 32.0 Å². The number of carbonyl (C=O) groups excluding carboxylic acids is 4. The second kappa shape index (κ2) is 15.7. The first-order valence-corrected chi connectivity index (χ1v) is 21.1. The summed E-state index contributed by atoms with van der Waals surface area (Å²) in [6.07, 6.45) is 5.47. The minimum absolute atomic E-state index is 0.00331. The molecule has 5 fully saturated rings. The summed E-state index contributed by atoms with van der Waals surface area (Å²) in [6, 6.07) is 13.6. The number of aromatic nitrogens is 2. The highest BCUT2D eigenvalue weighted by atomic mass is 16.3. The molecule has 0 spiro atoms. The molecule has 4 aliphatic carbocycles. The number of carbonyl (C=O) groups is 4. The predicted octanol–water partition coefficient (Wildman–Crippen LogP) is 5.68. The van der Waals surface area contributed by atoms with E-state index in [9.17, 15) is 34.5 Å². The molecule has 0 bridgehead atoms. The van der Waals surface area contributed by atoms with Crippen LogP contribution in [0.3, 0.4) is 0 Å². The number of nitriles is 1. The van der Waals surface area contributed by atoms with Gasteiger partial charge in [-0.25, -0.2) is 0 Å². The highest BCUT2D eigenvalue weighted by molar-refractivity contribution is 5.99. The third-order valence-electron chi connectivity index (χ3n) is 15.4. The minimum Gasteiger partial charge on any atom is -0.393 e. The van der Waals surface area contributed by atoms with Crippen LogP contribution in [0.15, 0.2) is 36.4 Å². The molecule has 8 rings (SSSR count). The fraction of sp³-hybridized carbons (Fsp3) is 0.574. The number of benzene rings is 2. The number of ketones is 2. The molecule has 0 radical (unpaired) electrons. The van der Waals surface area contributed by atoms with Crippen molar-refractivity contribution >= 4 is 23.4 Å². The van der Waals surface area contributed by atoms with Crippen LogP contribution >= 0.6 is 0 Å². The minimum atomic E-state index is -1.58. The lowest BCUT2D eigenvalue weighted by molar-refractivity contribution is -0.180. The normalized spacial score (nSPS) is 31.1. The zero-order valence-corrected chi connectivity index (χ0v) is 35.5. The third-order valence-corrected chi connectivity index (χ3v) is 15.4. The Morgan fingerprint density at radius 3 is 2.34 bits per heavy atom. The quantitative estimate of drug-likeness (QED) is 0.243. The van der Waals surface area contributed by atoms with Crippen molar-refractivity contribution in [3.63, 3.8) is 0 Å². The van der Waals surface area contributed by atoms with Gasteiger partial charge in [0.15, 0.2) is 5.78 Å². The van der Waals surface area contributed by atoms with Crippen LogP contribution in [0.1, 0.15) is 120 Å². The Morgan fingerprint density at radius 2 is 1.69 bits per heavy atom. The molecule has 2 aromatic carbocycles. The molecule has 8 atom stereocenters. The van der Waals surface area contributed by atoms with Gasteiger partial charge in [0, 0.05) is 67.5 Å². The predicted molar refractivity (Wildman–Crippen MR) is 221 cm³/mol. The maximum Gasteiger partial charge on any atom is 0.271 e. The number of fused-ring (bicyclic) bond motifs is 5. The van der Waals surface area contributed by atoms with Gasteiger partial charge in [0.1, 0.15) is 23.7 Å². The van der Waals surface area contributed by atoms with Crippen LogP contribution in [0, 0.1) is 66.6 Å². The Balaban J connectivity index is 0.000000184. The van der Waals surface area contributed by atoms with Crippen LogP contribution in [0.4, 0.5) is 0 Å². The van der Waals surface area contributed by atoms with Crippen LogP contribution < -0.4 is 0 Å². The van der Waals surface area contributed by atoms with Crippen LogP contribution in [0.2, 0.25) is 0 Å². The smallest absolute Gasteiger partial charge is 0.271 e. The highest BCUT2D eigenvalue weighted by Crippen LogP contribution is 2.67. The summed E-state index contributed by atoms with van der Waals surface area (Å²) in [5.74, 6) is 0.517. The summed E-state index contributed by atoms with van der Waals surface area (Å²) in [5, 5.41) is 46.9. The summed E-state index contributed by atoms with van der Waals surface area (Å²) < 4.78 is 0. The number of aromatic amines is 1. The SMILES string of the molecule is C[C@]12CC[C@@H](O)C[C@H]1CC[C@@H]1[C@@H]2C(=O)C[C@@]2(C)[C@H]1CC[C@]2(O)C(=O)CO.Cc1cc(C)c(-c2n[nH]c(C(=O)N(C)C)c2C)cc1C(=O)N1CC(c2ccc(C#N)cc2)C1. The lowest BCUT2D eigenvalue weighted by atomic mass is 9.44. The zero-order chi connectivity index (χ0) is 42.8. The Morgan fingerprint density at radius 1 is 1.00 bits per heavy atom. The number of nitrogens with zero attached hydrogens (tertiary/aromatic N) is 4. The number of hydrogen-bond donors (Lipinski definition) is 4. The van der Waals surface area contributed by atoms with Gasteiger partial charge in [0.2, 0.25) is 0 Å². The second-order valence-corrected chi connectivity index (χ2v) is 18.9. The van der Waals surface area contributed by atoms with Crippen molar-refractivity contribution in [2.24, 2.45) is 34.5 Å². The number of Topliss-reactive ketones (excluding diaryl/α,β-unsaturated/α-hetero) is 2. The molecule has 4 N–H and O–H groups in total. The summed E-state index contributed by atoms with van der Waals surface area (Å²) >= 11 is 0. The number of hydrogen-bond acceptors (Lipinski definition) is 9. The number of aryl methyl sites for hydroxylation is 2. The Kier molecular flexibility index (Phi) is 11.3. The van der Waals surface area contributed by atoms with E-state index in [0.717, 1.165) is 66.3 Å². The van der Waals surface area contributed by atoms with Crippen LogP contribution in [-0.4, -0.2) is 104 Å². The first-order chi connectivity index (χ1) is 27.9. The molecule has 314 valence electrons. The topological polar surface area (TPSA) is 188 Å². The van der Waals surface area contributed by atoms with E-state index >= 15 is 0 Å². The van der Waals surface area contributed by atoms with Gasteiger partial charge in [-0.05, 0) is 124 Å². The first kappa shape index (κ1) is 42.4. The van der Waals surface area contributed by atoms with Gasteiger partial charge in [-0.2, -0.15) is 10.4 Å². The van der Waals surface area contributed by atoms with Crippen molar-refractivity contribution in [3.8, 4) is 17.3 Å². The summed E-state index contributed by atoms with van der Waals surface area (Å²) in [6.45, 7) is 10.6.